The zero-order chi connectivity index (χ0) is 15.2. The van der Waals surface area contributed by atoms with Crippen LogP contribution in [0.15, 0.2) is 41.4 Å². The molecule has 0 radical (unpaired) electrons. The number of aryl methyl sites for hydroxylation is 1. The summed E-state index contributed by atoms with van der Waals surface area (Å²) in [4.78, 5) is 3.84. The molecule has 0 unspecified atom stereocenters. The first-order valence-electron chi connectivity index (χ1n) is 6.32. The lowest BCUT2D eigenvalue weighted by atomic mass is 10.1. The van der Waals surface area contributed by atoms with Gasteiger partial charge in [0.2, 0.25) is 0 Å². The van der Waals surface area contributed by atoms with E-state index in [-0.39, 0.29) is 0 Å². The van der Waals surface area contributed by atoms with Gasteiger partial charge in [0.15, 0.2) is 0 Å². The molecule has 0 heterocycles. The maximum atomic E-state index is 6.10. The van der Waals surface area contributed by atoms with Crippen LogP contribution in [0, 0.1) is 11.8 Å². The minimum Gasteiger partial charge on any atom is -0.192 e. The van der Waals surface area contributed by atoms with E-state index in [0.29, 0.717) is 15.7 Å². The molecule has 4 heteroatoms. The van der Waals surface area contributed by atoms with Crippen LogP contribution in [0.1, 0.15) is 23.6 Å². The van der Waals surface area contributed by atoms with E-state index in [1.165, 1.54) is 5.56 Å². The molecular weight excluding hydrogens is 321 g/mol. The maximum absolute atomic E-state index is 6.10. The molecule has 2 aromatic rings. The first-order valence-corrected chi connectivity index (χ1v) is 7.48. The molecule has 2 aromatic carbocycles. The highest BCUT2D eigenvalue weighted by molar-refractivity contribution is 7.78. The summed E-state index contributed by atoms with van der Waals surface area (Å²) in [6.45, 7) is 2.12. The van der Waals surface area contributed by atoms with Crippen LogP contribution in [0.5, 0.6) is 0 Å². The summed E-state index contributed by atoms with van der Waals surface area (Å²) in [7, 11) is 0. The molecule has 21 heavy (non-hydrogen) atoms. The van der Waals surface area contributed by atoms with Crippen LogP contribution < -0.4 is 0 Å². The summed E-state index contributed by atoms with van der Waals surface area (Å²) in [5, 5.41) is 3.07. The van der Waals surface area contributed by atoms with Crippen LogP contribution in [0.25, 0.3) is 0 Å². The van der Waals surface area contributed by atoms with Crippen molar-refractivity contribution in [2.45, 2.75) is 13.3 Å². The Kier molecular flexibility index (Phi) is 5.56. The fourth-order valence-electron chi connectivity index (χ4n) is 1.76. The van der Waals surface area contributed by atoms with Crippen molar-refractivity contribution in [3.05, 3.63) is 63.1 Å². The average molecular weight is 332 g/mol. The minimum absolute atomic E-state index is 0.408. The Hall–Kier alpha value is -1.62. The van der Waals surface area contributed by atoms with Gasteiger partial charge < -0.3 is 0 Å². The van der Waals surface area contributed by atoms with Gasteiger partial charge in [0.1, 0.15) is 5.69 Å². The maximum Gasteiger partial charge on any atom is 0.111 e. The molecule has 0 spiro atoms. The Balaban J connectivity index is 2.32. The molecule has 0 saturated carbocycles. The van der Waals surface area contributed by atoms with Crippen LogP contribution in [-0.2, 0) is 6.42 Å². The standard InChI is InChI=1S/C17H11Cl2NS/c1-2-12-3-5-13(6-4-12)7-8-14-9-15(18)17(20-11-21)16(19)10-14/h3-6,9-10H,2H2,1H3. The number of hydrogen-bond donors (Lipinski definition) is 0. The van der Waals surface area contributed by atoms with E-state index in [4.69, 9.17) is 23.2 Å². The van der Waals surface area contributed by atoms with Gasteiger partial charge in [0, 0.05) is 11.1 Å². The molecule has 0 fully saturated rings. The van der Waals surface area contributed by atoms with E-state index in [1.54, 1.807) is 12.1 Å². The fourth-order valence-corrected chi connectivity index (χ4v) is 2.42. The summed E-state index contributed by atoms with van der Waals surface area (Å²) in [5.74, 6) is 6.13. The van der Waals surface area contributed by atoms with Gasteiger partial charge in [-0.2, -0.15) is 4.99 Å². The number of thiocarbonyl (C=S) groups is 1. The van der Waals surface area contributed by atoms with Crippen molar-refractivity contribution in [1.29, 1.82) is 0 Å². The fraction of sp³-hybridized carbons (Fsp3) is 0.118. The van der Waals surface area contributed by atoms with Crippen molar-refractivity contribution in [2.75, 3.05) is 0 Å². The second-order valence-electron chi connectivity index (χ2n) is 4.29. The van der Waals surface area contributed by atoms with Gasteiger partial charge in [-0.3, -0.25) is 0 Å². The molecule has 0 atom stereocenters. The number of nitrogens with zero attached hydrogens (tertiary/aromatic N) is 1. The Morgan fingerprint density at radius 1 is 1.00 bits per heavy atom. The van der Waals surface area contributed by atoms with Crippen molar-refractivity contribution in [3.8, 4) is 11.8 Å². The van der Waals surface area contributed by atoms with Crippen LogP contribution in [0.2, 0.25) is 10.0 Å². The number of rotatable bonds is 2. The molecule has 0 amide bonds. The number of aliphatic imine (C=N–C) groups is 1. The first-order chi connectivity index (χ1) is 10.1. The molecule has 0 N–H and O–H groups in total. The Labute approximate surface area is 139 Å². The SMILES string of the molecule is CCc1ccc(C#Cc2cc(Cl)c(N=C=S)c(Cl)c2)cc1. The predicted molar refractivity (Wildman–Crippen MR) is 92.9 cm³/mol. The van der Waals surface area contributed by atoms with Gasteiger partial charge in [-0.1, -0.05) is 54.1 Å². The molecule has 0 aliphatic heterocycles. The predicted octanol–water partition coefficient (Wildman–Crippen LogP) is 5.69. The second kappa shape index (κ2) is 7.41. The smallest absolute Gasteiger partial charge is 0.111 e. The highest BCUT2D eigenvalue weighted by Crippen LogP contribution is 2.33. The number of isothiocyanates is 1. The first kappa shape index (κ1) is 15.8. The third-order valence-corrected chi connectivity index (χ3v) is 3.56. The minimum atomic E-state index is 0.408. The van der Waals surface area contributed by atoms with Crippen LogP contribution in [0.4, 0.5) is 5.69 Å². The second-order valence-corrected chi connectivity index (χ2v) is 5.29. The molecule has 1 nitrogen and oxygen atoms in total. The van der Waals surface area contributed by atoms with E-state index in [9.17, 15) is 0 Å². The quantitative estimate of drug-likeness (QED) is 0.391. The van der Waals surface area contributed by atoms with Crippen molar-refractivity contribution in [1.82, 2.24) is 0 Å². The lowest BCUT2D eigenvalue weighted by Crippen LogP contribution is -1.81. The van der Waals surface area contributed by atoms with E-state index >= 15 is 0 Å². The Morgan fingerprint density at radius 2 is 1.57 bits per heavy atom. The normalized spacial score (nSPS) is 9.48. The van der Waals surface area contributed by atoms with Crippen LogP contribution in [0.3, 0.4) is 0 Å². The van der Waals surface area contributed by atoms with E-state index in [0.717, 1.165) is 17.5 Å². The Bertz CT molecular complexity index is 741. The van der Waals surface area contributed by atoms with Crippen molar-refractivity contribution in [2.24, 2.45) is 4.99 Å². The summed E-state index contributed by atoms with van der Waals surface area (Å²) in [6.07, 6.45) is 1.01. The molecule has 0 aromatic heterocycles. The topological polar surface area (TPSA) is 12.4 Å². The molecule has 2 rings (SSSR count). The molecule has 104 valence electrons. The summed E-state index contributed by atoms with van der Waals surface area (Å²) >= 11 is 16.8. The highest BCUT2D eigenvalue weighted by atomic mass is 35.5. The Morgan fingerprint density at radius 3 is 2.10 bits per heavy atom. The van der Waals surface area contributed by atoms with Crippen LogP contribution >= 0.6 is 35.4 Å². The van der Waals surface area contributed by atoms with Crippen LogP contribution in [-0.4, -0.2) is 5.16 Å². The molecule has 0 aliphatic carbocycles. The molecule has 0 aliphatic rings. The lowest BCUT2D eigenvalue weighted by Gasteiger charge is -2.01. The molecule has 0 bridgehead atoms. The zero-order valence-electron chi connectivity index (χ0n) is 11.3. The largest absolute Gasteiger partial charge is 0.192 e. The third-order valence-electron chi connectivity index (χ3n) is 2.89. The zero-order valence-corrected chi connectivity index (χ0v) is 13.6. The lowest BCUT2D eigenvalue weighted by molar-refractivity contribution is 1.14. The van der Waals surface area contributed by atoms with Gasteiger partial charge in [0.05, 0.1) is 15.2 Å². The molecular formula is C17H11Cl2NS. The van der Waals surface area contributed by atoms with Crippen molar-refractivity contribution in [3.63, 3.8) is 0 Å². The van der Waals surface area contributed by atoms with Gasteiger partial charge in [0.25, 0.3) is 0 Å². The molecule has 0 saturated heterocycles. The monoisotopic (exact) mass is 331 g/mol. The van der Waals surface area contributed by atoms with Gasteiger partial charge >= 0.3 is 0 Å². The van der Waals surface area contributed by atoms with E-state index in [2.05, 4.69) is 53.3 Å². The number of halogens is 2. The summed E-state index contributed by atoms with van der Waals surface area (Å²) < 4.78 is 0. The van der Waals surface area contributed by atoms with E-state index in [1.807, 2.05) is 12.1 Å². The van der Waals surface area contributed by atoms with Gasteiger partial charge in [-0.15, -0.1) is 0 Å². The highest BCUT2D eigenvalue weighted by Gasteiger charge is 2.06. The summed E-state index contributed by atoms with van der Waals surface area (Å²) in [6, 6.07) is 11.6. The van der Waals surface area contributed by atoms with Gasteiger partial charge in [-0.25, -0.2) is 0 Å². The van der Waals surface area contributed by atoms with Crippen molar-refractivity contribution >= 4 is 46.3 Å². The third kappa shape index (κ3) is 4.17. The number of hydrogen-bond acceptors (Lipinski definition) is 2. The summed E-state index contributed by atoms with van der Waals surface area (Å²) in [5.41, 5.74) is 3.38. The number of benzene rings is 2. The van der Waals surface area contributed by atoms with Gasteiger partial charge in [-0.05, 0) is 48.5 Å². The van der Waals surface area contributed by atoms with E-state index < -0.39 is 0 Å². The van der Waals surface area contributed by atoms with Crippen molar-refractivity contribution < 1.29 is 0 Å². The average Bonchev–Trinajstić information content (AvgIpc) is 2.49.